The lowest BCUT2D eigenvalue weighted by Crippen LogP contribution is -1.67. The van der Waals surface area contributed by atoms with Crippen LogP contribution in [0.25, 0.3) is 0 Å². The average Bonchev–Trinajstić information content (AvgIpc) is 1.88. The van der Waals surface area contributed by atoms with Crippen LogP contribution in [-0.2, 0) is 0 Å². The molecular weight excluding hydrogens is 178 g/mol. The molecule has 1 nitrogen and oxygen atoms in total. The Morgan fingerprint density at radius 1 is 1.56 bits per heavy atom. The summed E-state index contributed by atoms with van der Waals surface area (Å²) in [6.45, 7) is 7.43. The van der Waals surface area contributed by atoms with Gasteiger partial charge in [0, 0.05) is 0 Å². The summed E-state index contributed by atoms with van der Waals surface area (Å²) in [6, 6.07) is 0. The Balaban J connectivity index is 0. The minimum atomic E-state index is 0.368. The second-order valence-corrected chi connectivity index (χ2v) is 1.80. The summed E-state index contributed by atoms with van der Waals surface area (Å²) >= 11 is 2.92. The zero-order valence-electron chi connectivity index (χ0n) is 5.82. The molecule has 0 spiro atoms. The van der Waals surface area contributed by atoms with Gasteiger partial charge in [0.2, 0.25) is 0 Å². The van der Waals surface area contributed by atoms with E-state index in [9.17, 15) is 0 Å². The van der Waals surface area contributed by atoms with Gasteiger partial charge in [0.05, 0.1) is 4.62 Å². The van der Waals surface area contributed by atoms with Crippen molar-refractivity contribution in [1.29, 1.82) is 5.41 Å². The van der Waals surface area contributed by atoms with Gasteiger partial charge in [-0.05, 0) is 22.0 Å². The highest BCUT2D eigenvalue weighted by atomic mass is 79.9. The normalized spacial score (nSPS) is 7.89. The highest BCUT2D eigenvalue weighted by molar-refractivity contribution is 9.18. The number of nitrogens with one attached hydrogen (secondary N) is 1. The Kier molecular flexibility index (Phi) is 13.4. The van der Waals surface area contributed by atoms with Crippen LogP contribution >= 0.6 is 15.9 Å². The van der Waals surface area contributed by atoms with Gasteiger partial charge in [0.25, 0.3) is 0 Å². The predicted molar refractivity (Wildman–Crippen MR) is 47.3 cm³/mol. The van der Waals surface area contributed by atoms with Crippen LogP contribution in [0.4, 0.5) is 0 Å². The Labute approximate surface area is 65.1 Å². The van der Waals surface area contributed by atoms with Gasteiger partial charge in [-0.15, -0.1) is 0 Å². The number of allylic oxidation sites excluding steroid dienone is 3. The van der Waals surface area contributed by atoms with Crippen molar-refractivity contribution in [1.82, 2.24) is 0 Å². The molecule has 2 heteroatoms. The van der Waals surface area contributed by atoms with E-state index in [4.69, 9.17) is 5.41 Å². The molecule has 0 rings (SSSR count). The molecule has 0 aliphatic rings. The zero-order valence-corrected chi connectivity index (χ0v) is 7.40. The SMILES string of the molecule is C=C/C=C\C(=N)Br.CC. The van der Waals surface area contributed by atoms with E-state index >= 15 is 0 Å². The van der Waals surface area contributed by atoms with Crippen LogP contribution in [0.2, 0.25) is 0 Å². The maximum atomic E-state index is 6.78. The minimum absolute atomic E-state index is 0.368. The molecule has 0 amide bonds. The van der Waals surface area contributed by atoms with Gasteiger partial charge < -0.3 is 0 Å². The first-order valence-electron chi connectivity index (χ1n) is 2.80. The first kappa shape index (κ1) is 11.4. The van der Waals surface area contributed by atoms with Crippen molar-refractivity contribution < 1.29 is 0 Å². The summed E-state index contributed by atoms with van der Waals surface area (Å²) in [6.07, 6.45) is 4.92. The van der Waals surface area contributed by atoms with Crippen LogP contribution in [0.15, 0.2) is 24.8 Å². The van der Waals surface area contributed by atoms with E-state index in [1.54, 1.807) is 18.2 Å². The molecule has 0 saturated carbocycles. The minimum Gasteiger partial charge on any atom is -0.293 e. The van der Waals surface area contributed by atoms with Crippen LogP contribution in [-0.4, -0.2) is 4.62 Å². The van der Waals surface area contributed by atoms with Crippen LogP contribution < -0.4 is 0 Å². The molecule has 0 bridgehead atoms. The molecule has 0 atom stereocenters. The van der Waals surface area contributed by atoms with E-state index in [2.05, 4.69) is 22.5 Å². The largest absolute Gasteiger partial charge is 0.293 e. The molecule has 0 radical (unpaired) electrons. The van der Waals surface area contributed by atoms with Crippen LogP contribution in [0.3, 0.4) is 0 Å². The van der Waals surface area contributed by atoms with E-state index in [0.29, 0.717) is 4.62 Å². The molecule has 0 fully saturated rings. The van der Waals surface area contributed by atoms with Crippen molar-refractivity contribution in [2.75, 3.05) is 0 Å². The number of hydrogen-bond acceptors (Lipinski definition) is 1. The monoisotopic (exact) mass is 189 g/mol. The lowest BCUT2D eigenvalue weighted by molar-refractivity contribution is 1.50. The Hall–Kier alpha value is -0.370. The smallest absolute Gasteiger partial charge is 0.0966 e. The molecule has 0 aromatic heterocycles. The van der Waals surface area contributed by atoms with Crippen molar-refractivity contribution in [2.45, 2.75) is 13.8 Å². The lowest BCUT2D eigenvalue weighted by atomic mass is 10.5. The first-order valence-corrected chi connectivity index (χ1v) is 3.60. The van der Waals surface area contributed by atoms with Gasteiger partial charge in [-0.1, -0.05) is 32.6 Å². The fraction of sp³-hybridized carbons (Fsp3) is 0.286. The highest BCUT2D eigenvalue weighted by Gasteiger charge is 1.71. The van der Waals surface area contributed by atoms with Gasteiger partial charge in [-0.3, -0.25) is 5.41 Å². The molecule has 0 saturated heterocycles. The van der Waals surface area contributed by atoms with Crippen molar-refractivity contribution >= 4 is 20.6 Å². The summed E-state index contributed by atoms with van der Waals surface area (Å²) in [5, 5.41) is 6.78. The van der Waals surface area contributed by atoms with Crippen LogP contribution in [0.5, 0.6) is 0 Å². The van der Waals surface area contributed by atoms with Gasteiger partial charge in [-0.2, -0.15) is 0 Å². The summed E-state index contributed by atoms with van der Waals surface area (Å²) in [5.41, 5.74) is 0. The van der Waals surface area contributed by atoms with Crippen molar-refractivity contribution in [3.8, 4) is 0 Å². The van der Waals surface area contributed by atoms with Gasteiger partial charge in [0.1, 0.15) is 0 Å². The molecule has 0 aromatic carbocycles. The first-order chi connectivity index (χ1) is 4.27. The molecule has 9 heavy (non-hydrogen) atoms. The fourth-order valence-corrected chi connectivity index (χ4v) is 0.305. The van der Waals surface area contributed by atoms with Gasteiger partial charge >= 0.3 is 0 Å². The Morgan fingerprint density at radius 3 is 2.11 bits per heavy atom. The van der Waals surface area contributed by atoms with Gasteiger partial charge in [0.15, 0.2) is 0 Å². The maximum Gasteiger partial charge on any atom is 0.0966 e. The van der Waals surface area contributed by atoms with Crippen LogP contribution in [0, 0.1) is 5.41 Å². The molecule has 1 N–H and O–H groups in total. The Morgan fingerprint density at radius 2 is 2.00 bits per heavy atom. The lowest BCUT2D eigenvalue weighted by Gasteiger charge is -1.72. The average molecular weight is 190 g/mol. The summed E-state index contributed by atoms with van der Waals surface area (Å²) in [7, 11) is 0. The van der Waals surface area contributed by atoms with E-state index in [0.717, 1.165) is 0 Å². The topological polar surface area (TPSA) is 23.9 Å². The fourth-order valence-electron chi connectivity index (χ4n) is 0.153. The number of halogens is 1. The third kappa shape index (κ3) is 18.4. The molecule has 52 valence electrons. The second kappa shape index (κ2) is 10.6. The molecule has 0 aliphatic heterocycles. The predicted octanol–water partition coefficient (Wildman–Crippen LogP) is 3.13. The molecule has 0 aliphatic carbocycles. The van der Waals surface area contributed by atoms with Crippen molar-refractivity contribution in [3.63, 3.8) is 0 Å². The van der Waals surface area contributed by atoms with Crippen molar-refractivity contribution in [2.24, 2.45) is 0 Å². The quantitative estimate of drug-likeness (QED) is 0.510. The molecule has 0 aromatic rings. The summed E-state index contributed by atoms with van der Waals surface area (Å²) in [5.74, 6) is 0. The van der Waals surface area contributed by atoms with E-state index in [1.165, 1.54) is 0 Å². The Bertz CT molecular complexity index is 105. The molecule has 0 unspecified atom stereocenters. The number of rotatable bonds is 2. The van der Waals surface area contributed by atoms with E-state index < -0.39 is 0 Å². The maximum absolute atomic E-state index is 6.78. The highest BCUT2D eigenvalue weighted by Crippen LogP contribution is 1.85. The van der Waals surface area contributed by atoms with Crippen molar-refractivity contribution in [3.05, 3.63) is 24.8 Å². The molecule has 0 heterocycles. The third-order valence-corrected chi connectivity index (χ3v) is 0.643. The second-order valence-electron chi connectivity index (χ2n) is 0.943. The number of hydrogen-bond donors (Lipinski definition) is 1. The zero-order chi connectivity index (χ0) is 7.70. The van der Waals surface area contributed by atoms with Crippen LogP contribution in [0.1, 0.15) is 13.8 Å². The summed E-state index contributed by atoms with van der Waals surface area (Å²) < 4.78 is 0.368. The van der Waals surface area contributed by atoms with Gasteiger partial charge in [-0.25, -0.2) is 0 Å². The standard InChI is InChI=1S/C5H6BrN.C2H6/c1-2-3-4-5(6)7;1-2/h2-4,7H,1H2;1-2H3/b4-3-,7-5?;. The summed E-state index contributed by atoms with van der Waals surface area (Å²) in [4.78, 5) is 0. The molecular formula is C7H12BrN. The third-order valence-electron chi connectivity index (χ3n) is 0.379. The van der Waals surface area contributed by atoms with E-state index in [-0.39, 0.29) is 0 Å². The van der Waals surface area contributed by atoms with E-state index in [1.807, 2.05) is 13.8 Å².